The number of methoxy groups -OCH3 is 1. The normalized spacial score (nSPS) is 17.7. The van der Waals surface area contributed by atoms with E-state index in [4.69, 9.17) is 14.2 Å². The Bertz CT molecular complexity index is 788. The smallest absolute Gasteiger partial charge is 0.223 e. The topological polar surface area (TPSA) is 56.8 Å². The number of rotatable bonds is 10. The van der Waals surface area contributed by atoms with Crippen LogP contribution in [-0.4, -0.2) is 32.8 Å². The molecule has 0 saturated heterocycles. The fraction of sp³-hybridized carbons (Fsp3) is 0.435. The molecule has 0 aromatic heterocycles. The summed E-state index contributed by atoms with van der Waals surface area (Å²) in [7, 11) is 1.66. The molecular weight excluding hydrogens is 354 g/mol. The van der Waals surface area contributed by atoms with E-state index >= 15 is 0 Å². The van der Waals surface area contributed by atoms with Crippen molar-refractivity contribution < 1.29 is 19.0 Å². The highest BCUT2D eigenvalue weighted by Crippen LogP contribution is 2.47. The second-order valence-electron chi connectivity index (χ2n) is 6.91. The van der Waals surface area contributed by atoms with Gasteiger partial charge in [0.1, 0.15) is 5.75 Å². The summed E-state index contributed by atoms with van der Waals surface area (Å²) < 4.78 is 16.4. The molecule has 0 aliphatic heterocycles. The van der Waals surface area contributed by atoms with Crippen molar-refractivity contribution >= 4 is 5.91 Å². The van der Waals surface area contributed by atoms with E-state index in [0.717, 1.165) is 35.7 Å². The number of hydrogen-bond donors (Lipinski definition) is 1. The molecule has 1 aliphatic rings. The molecule has 0 radical (unpaired) electrons. The minimum absolute atomic E-state index is 0.0766. The van der Waals surface area contributed by atoms with Gasteiger partial charge in [0, 0.05) is 12.5 Å². The van der Waals surface area contributed by atoms with Crippen LogP contribution in [0.3, 0.4) is 0 Å². The van der Waals surface area contributed by atoms with E-state index in [2.05, 4.69) is 5.32 Å². The van der Waals surface area contributed by atoms with Gasteiger partial charge in [-0.2, -0.15) is 0 Å². The summed E-state index contributed by atoms with van der Waals surface area (Å²) >= 11 is 0. The number of benzene rings is 2. The van der Waals surface area contributed by atoms with Crippen LogP contribution < -0.4 is 19.5 Å². The van der Waals surface area contributed by atoms with E-state index in [0.29, 0.717) is 25.7 Å². The van der Waals surface area contributed by atoms with Gasteiger partial charge in [0.25, 0.3) is 0 Å². The quantitative estimate of drug-likeness (QED) is 0.675. The monoisotopic (exact) mass is 383 g/mol. The lowest BCUT2D eigenvalue weighted by atomic mass is 10.1. The van der Waals surface area contributed by atoms with Gasteiger partial charge in [-0.25, -0.2) is 0 Å². The highest BCUT2D eigenvalue weighted by Gasteiger charge is 2.43. The molecule has 28 heavy (non-hydrogen) atoms. The molecule has 0 bridgehead atoms. The lowest BCUT2D eigenvalue weighted by molar-refractivity contribution is -0.122. The summed E-state index contributed by atoms with van der Waals surface area (Å²) in [6.07, 6.45) is 1.67. The van der Waals surface area contributed by atoms with Gasteiger partial charge in [0.15, 0.2) is 11.5 Å². The molecule has 2 aromatic carbocycles. The van der Waals surface area contributed by atoms with Gasteiger partial charge in [-0.1, -0.05) is 18.2 Å². The van der Waals surface area contributed by atoms with Crippen LogP contribution in [0.1, 0.15) is 37.3 Å². The molecule has 2 atom stereocenters. The van der Waals surface area contributed by atoms with Gasteiger partial charge in [0.05, 0.1) is 20.3 Å². The Morgan fingerprint density at radius 3 is 2.43 bits per heavy atom. The highest BCUT2D eigenvalue weighted by molar-refractivity contribution is 5.82. The van der Waals surface area contributed by atoms with Crippen molar-refractivity contribution in [3.8, 4) is 17.2 Å². The van der Waals surface area contributed by atoms with Crippen LogP contribution in [0.25, 0.3) is 0 Å². The maximum Gasteiger partial charge on any atom is 0.223 e. The van der Waals surface area contributed by atoms with Gasteiger partial charge in [-0.05, 0) is 68.0 Å². The summed E-state index contributed by atoms with van der Waals surface area (Å²) in [6.45, 7) is 5.72. The summed E-state index contributed by atoms with van der Waals surface area (Å²) in [4.78, 5) is 12.4. The fourth-order valence-corrected chi connectivity index (χ4v) is 3.42. The van der Waals surface area contributed by atoms with Gasteiger partial charge in [-0.15, -0.1) is 0 Å². The minimum Gasteiger partial charge on any atom is -0.497 e. The first-order valence-electron chi connectivity index (χ1n) is 9.96. The van der Waals surface area contributed by atoms with Crippen molar-refractivity contribution in [1.29, 1.82) is 0 Å². The molecule has 0 heterocycles. The number of amides is 1. The van der Waals surface area contributed by atoms with Gasteiger partial charge < -0.3 is 19.5 Å². The Kier molecular flexibility index (Phi) is 6.80. The summed E-state index contributed by atoms with van der Waals surface area (Å²) in [6, 6.07) is 14.0. The van der Waals surface area contributed by atoms with Crippen molar-refractivity contribution in [1.82, 2.24) is 5.32 Å². The molecule has 2 aromatic rings. The van der Waals surface area contributed by atoms with Gasteiger partial charge in [0.2, 0.25) is 5.91 Å². The lowest BCUT2D eigenvalue weighted by Gasteiger charge is -2.12. The second-order valence-corrected chi connectivity index (χ2v) is 6.91. The number of nitrogens with one attached hydrogen (secondary N) is 1. The molecule has 3 rings (SSSR count). The van der Waals surface area contributed by atoms with Gasteiger partial charge in [-0.3, -0.25) is 4.79 Å². The van der Waals surface area contributed by atoms with Gasteiger partial charge >= 0.3 is 0 Å². The molecule has 1 N–H and O–H groups in total. The number of hydrogen-bond acceptors (Lipinski definition) is 4. The Morgan fingerprint density at radius 1 is 1.04 bits per heavy atom. The van der Waals surface area contributed by atoms with Crippen LogP contribution in [0.4, 0.5) is 0 Å². The van der Waals surface area contributed by atoms with Crippen molar-refractivity contribution in [3.05, 3.63) is 53.6 Å². The molecule has 2 unspecified atom stereocenters. The Labute approximate surface area is 167 Å². The van der Waals surface area contributed by atoms with Crippen LogP contribution in [0, 0.1) is 5.92 Å². The maximum absolute atomic E-state index is 12.4. The average molecular weight is 383 g/mol. The Morgan fingerprint density at radius 2 is 1.75 bits per heavy atom. The molecule has 150 valence electrons. The highest BCUT2D eigenvalue weighted by atomic mass is 16.5. The standard InChI is InChI=1S/C23H29NO4/c1-4-27-21-11-6-16(14-22(21)28-5-2)12-13-24-23(25)20-15-19(20)17-7-9-18(26-3)10-8-17/h6-11,14,19-20H,4-5,12-13,15H2,1-3H3,(H,24,25). The molecule has 0 spiro atoms. The maximum atomic E-state index is 12.4. The van der Waals surface area contributed by atoms with E-state index in [1.807, 2.05) is 56.3 Å². The Hall–Kier alpha value is -2.69. The Balaban J connectivity index is 1.48. The SMILES string of the molecule is CCOc1ccc(CCNC(=O)C2CC2c2ccc(OC)cc2)cc1OCC. The summed E-state index contributed by atoms with van der Waals surface area (Å²) in [5.41, 5.74) is 2.32. The number of ether oxygens (including phenoxy) is 3. The van der Waals surface area contributed by atoms with Crippen LogP contribution in [0.2, 0.25) is 0 Å². The van der Waals surface area contributed by atoms with Crippen LogP contribution in [0.15, 0.2) is 42.5 Å². The number of carbonyl (C=O) groups excluding carboxylic acids is 1. The van der Waals surface area contributed by atoms with Crippen molar-refractivity contribution in [2.45, 2.75) is 32.6 Å². The first-order chi connectivity index (χ1) is 13.7. The minimum atomic E-state index is 0.0766. The largest absolute Gasteiger partial charge is 0.497 e. The lowest BCUT2D eigenvalue weighted by Crippen LogP contribution is -2.27. The van der Waals surface area contributed by atoms with E-state index < -0.39 is 0 Å². The average Bonchev–Trinajstić information content (AvgIpc) is 3.51. The zero-order chi connectivity index (χ0) is 19.9. The fourth-order valence-electron chi connectivity index (χ4n) is 3.42. The van der Waals surface area contributed by atoms with E-state index in [1.54, 1.807) is 7.11 Å². The third-order valence-electron chi connectivity index (χ3n) is 4.99. The van der Waals surface area contributed by atoms with E-state index in [-0.39, 0.29) is 11.8 Å². The predicted octanol–water partition coefficient (Wildman–Crippen LogP) is 3.96. The summed E-state index contributed by atoms with van der Waals surface area (Å²) in [5, 5.41) is 3.07. The molecule has 1 fully saturated rings. The first kappa shape index (κ1) is 20.1. The van der Waals surface area contributed by atoms with E-state index in [9.17, 15) is 4.79 Å². The van der Waals surface area contributed by atoms with Crippen LogP contribution in [-0.2, 0) is 11.2 Å². The van der Waals surface area contributed by atoms with E-state index in [1.165, 1.54) is 5.56 Å². The molecule has 5 heteroatoms. The van der Waals surface area contributed by atoms with Crippen molar-refractivity contribution in [2.75, 3.05) is 26.9 Å². The molecule has 5 nitrogen and oxygen atoms in total. The predicted molar refractivity (Wildman–Crippen MR) is 109 cm³/mol. The van der Waals surface area contributed by atoms with Crippen LogP contribution >= 0.6 is 0 Å². The van der Waals surface area contributed by atoms with Crippen molar-refractivity contribution in [2.24, 2.45) is 5.92 Å². The third kappa shape index (κ3) is 4.97. The first-order valence-corrected chi connectivity index (χ1v) is 9.96. The van der Waals surface area contributed by atoms with Crippen molar-refractivity contribution in [3.63, 3.8) is 0 Å². The molecular formula is C23H29NO4. The molecule has 1 aliphatic carbocycles. The molecule has 1 amide bonds. The third-order valence-corrected chi connectivity index (χ3v) is 4.99. The zero-order valence-electron chi connectivity index (χ0n) is 16.9. The van der Waals surface area contributed by atoms with Crippen LogP contribution in [0.5, 0.6) is 17.2 Å². The molecule has 1 saturated carbocycles. The zero-order valence-corrected chi connectivity index (χ0v) is 16.9. The second kappa shape index (κ2) is 9.49. The number of carbonyl (C=O) groups is 1. The summed E-state index contributed by atoms with van der Waals surface area (Å²) in [5.74, 6) is 2.89.